The number of fused-ring (bicyclic) bond motifs is 2. The highest BCUT2D eigenvalue weighted by Gasteiger charge is 2.33. The molecule has 1 unspecified atom stereocenters. The first kappa shape index (κ1) is 10.6. The molecule has 16 heavy (non-hydrogen) atoms. The van der Waals surface area contributed by atoms with Gasteiger partial charge in [0.1, 0.15) is 5.82 Å². The summed E-state index contributed by atoms with van der Waals surface area (Å²) in [5, 5.41) is 4.21. The van der Waals surface area contributed by atoms with Crippen LogP contribution in [-0.4, -0.2) is 17.3 Å². The second-order valence-corrected chi connectivity index (χ2v) is 6.12. The fraction of sp³-hybridized carbons (Fsp3) is 0.538. The summed E-state index contributed by atoms with van der Waals surface area (Å²) in [4.78, 5) is 0.814. The van der Waals surface area contributed by atoms with E-state index in [1.54, 1.807) is 23.9 Å². The Bertz CT molecular complexity index is 370. The number of rotatable bonds is 2. The van der Waals surface area contributed by atoms with E-state index in [4.69, 9.17) is 0 Å². The molecule has 2 aliphatic rings. The monoisotopic (exact) mass is 237 g/mol. The van der Waals surface area contributed by atoms with Gasteiger partial charge in [-0.3, -0.25) is 0 Å². The number of thioether (sulfide) groups is 1. The third-order valence-corrected chi connectivity index (χ3v) is 4.86. The lowest BCUT2D eigenvalue weighted by molar-refractivity contribution is 0.414. The first-order chi connectivity index (χ1) is 7.81. The summed E-state index contributed by atoms with van der Waals surface area (Å²) in [5.74, 6) is -0.0709. The van der Waals surface area contributed by atoms with Crippen LogP contribution in [0, 0.1) is 5.82 Å². The number of halogens is 1. The van der Waals surface area contributed by atoms with Crippen molar-refractivity contribution in [2.24, 2.45) is 0 Å². The topological polar surface area (TPSA) is 12.0 Å². The number of benzene rings is 1. The van der Waals surface area contributed by atoms with Gasteiger partial charge in [0.2, 0.25) is 0 Å². The minimum absolute atomic E-state index is 0.0709. The maximum Gasteiger partial charge on any atom is 0.136 e. The molecule has 0 radical (unpaired) electrons. The van der Waals surface area contributed by atoms with Gasteiger partial charge in [-0.2, -0.15) is 0 Å². The van der Waals surface area contributed by atoms with Crippen molar-refractivity contribution in [1.29, 1.82) is 0 Å². The Kier molecular flexibility index (Phi) is 2.90. The lowest BCUT2D eigenvalue weighted by Crippen LogP contribution is -2.39. The van der Waals surface area contributed by atoms with Gasteiger partial charge in [-0.05, 0) is 37.8 Å². The van der Waals surface area contributed by atoms with Crippen molar-refractivity contribution in [3.8, 4) is 0 Å². The Hall–Kier alpha value is -0.540. The maximum atomic E-state index is 13.5. The van der Waals surface area contributed by atoms with Crippen LogP contribution < -0.4 is 5.32 Å². The van der Waals surface area contributed by atoms with E-state index in [-0.39, 0.29) is 5.82 Å². The standard InChI is InChI=1S/C13H16FNS/c14-12-3-1-2-4-13(12)16-11-7-9-5-6-10(8-11)15-9/h1-4,9-11,15H,5-8H2/t9-,10+,11?. The van der Waals surface area contributed by atoms with Crippen LogP contribution in [0.3, 0.4) is 0 Å². The van der Waals surface area contributed by atoms with E-state index in [2.05, 4.69) is 5.32 Å². The van der Waals surface area contributed by atoms with Crippen LogP contribution in [0.25, 0.3) is 0 Å². The molecule has 86 valence electrons. The smallest absolute Gasteiger partial charge is 0.136 e. The van der Waals surface area contributed by atoms with Gasteiger partial charge in [0.15, 0.2) is 0 Å². The molecule has 2 heterocycles. The molecule has 0 spiro atoms. The second kappa shape index (κ2) is 4.38. The molecular formula is C13H16FNS. The first-order valence-electron chi connectivity index (χ1n) is 5.98. The van der Waals surface area contributed by atoms with Gasteiger partial charge in [-0.15, -0.1) is 11.8 Å². The molecule has 1 N–H and O–H groups in total. The summed E-state index contributed by atoms with van der Waals surface area (Å²) in [5.41, 5.74) is 0. The van der Waals surface area contributed by atoms with Gasteiger partial charge in [0, 0.05) is 22.2 Å². The van der Waals surface area contributed by atoms with E-state index in [1.165, 1.54) is 25.7 Å². The molecule has 0 aliphatic carbocycles. The fourth-order valence-electron chi connectivity index (χ4n) is 2.82. The van der Waals surface area contributed by atoms with Crippen LogP contribution in [0.1, 0.15) is 25.7 Å². The lowest BCUT2D eigenvalue weighted by atomic mass is 10.1. The number of piperidine rings is 1. The SMILES string of the molecule is Fc1ccccc1SC1C[C@H]2CC[C@@H](C1)N2. The summed E-state index contributed by atoms with van der Waals surface area (Å²) >= 11 is 1.72. The van der Waals surface area contributed by atoms with Gasteiger partial charge >= 0.3 is 0 Å². The third-order valence-electron chi connectivity index (χ3n) is 3.56. The Morgan fingerprint density at radius 3 is 2.50 bits per heavy atom. The predicted molar refractivity (Wildman–Crippen MR) is 65.2 cm³/mol. The molecule has 2 fully saturated rings. The van der Waals surface area contributed by atoms with Crippen molar-refractivity contribution in [1.82, 2.24) is 5.32 Å². The minimum atomic E-state index is -0.0709. The van der Waals surface area contributed by atoms with Crippen LogP contribution >= 0.6 is 11.8 Å². The van der Waals surface area contributed by atoms with Crippen molar-refractivity contribution in [2.75, 3.05) is 0 Å². The normalized spacial score (nSPS) is 32.9. The highest BCUT2D eigenvalue weighted by atomic mass is 32.2. The van der Waals surface area contributed by atoms with Crippen molar-refractivity contribution in [3.63, 3.8) is 0 Å². The van der Waals surface area contributed by atoms with E-state index in [1.807, 2.05) is 12.1 Å². The number of nitrogens with one attached hydrogen (secondary N) is 1. The number of hydrogen-bond acceptors (Lipinski definition) is 2. The van der Waals surface area contributed by atoms with Crippen molar-refractivity contribution in [3.05, 3.63) is 30.1 Å². The summed E-state index contributed by atoms with van der Waals surface area (Å²) in [7, 11) is 0. The van der Waals surface area contributed by atoms with E-state index in [0.29, 0.717) is 17.3 Å². The average molecular weight is 237 g/mol. The first-order valence-corrected chi connectivity index (χ1v) is 6.86. The number of hydrogen-bond donors (Lipinski definition) is 1. The molecule has 3 atom stereocenters. The Morgan fingerprint density at radius 1 is 1.12 bits per heavy atom. The van der Waals surface area contributed by atoms with Crippen LogP contribution in [0.2, 0.25) is 0 Å². The summed E-state index contributed by atoms with van der Waals surface area (Å²) in [6, 6.07) is 8.49. The van der Waals surface area contributed by atoms with Crippen LogP contribution in [0.5, 0.6) is 0 Å². The van der Waals surface area contributed by atoms with E-state index < -0.39 is 0 Å². The quantitative estimate of drug-likeness (QED) is 0.847. The summed E-state index contributed by atoms with van der Waals surface area (Å²) < 4.78 is 13.5. The molecule has 2 aliphatic heterocycles. The van der Waals surface area contributed by atoms with Gasteiger partial charge in [-0.25, -0.2) is 4.39 Å². The molecule has 1 aromatic carbocycles. The molecular weight excluding hydrogens is 221 g/mol. The van der Waals surface area contributed by atoms with Crippen LogP contribution in [0.15, 0.2) is 29.2 Å². The van der Waals surface area contributed by atoms with Crippen molar-refractivity contribution in [2.45, 2.75) is 47.9 Å². The molecule has 0 saturated carbocycles. The van der Waals surface area contributed by atoms with Gasteiger partial charge in [-0.1, -0.05) is 12.1 Å². The molecule has 1 nitrogen and oxygen atoms in total. The molecule has 0 amide bonds. The van der Waals surface area contributed by atoms with E-state index in [9.17, 15) is 4.39 Å². The molecule has 2 bridgehead atoms. The second-order valence-electron chi connectivity index (χ2n) is 4.78. The van der Waals surface area contributed by atoms with Gasteiger partial charge < -0.3 is 5.32 Å². The largest absolute Gasteiger partial charge is 0.311 e. The zero-order chi connectivity index (χ0) is 11.0. The Balaban J connectivity index is 1.69. The molecule has 3 heteroatoms. The van der Waals surface area contributed by atoms with Crippen LogP contribution in [0.4, 0.5) is 4.39 Å². The van der Waals surface area contributed by atoms with Crippen LogP contribution in [-0.2, 0) is 0 Å². The van der Waals surface area contributed by atoms with Crippen molar-refractivity contribution < 1.29 is 4.39 Å². The zero-order valence-electron chi connectivity index (χ0n) is 9.16. The predicted octanol–water partition coefficient (Wildman–Crippen LogP) is 3.20. The highest BCUT2D eigenvalue weighted by molar-refractivity contribution is 8.00. The molecule has 0 aromatic heterocycles. The summed E-state index contributed by atoms with van der Waals surface area (Å²) in [6.45, 7) is 0. The maximum absolute atomic E-state index is 13.5. The molecule has 2 saturated heterocycles. The third kappa shape index (κ3) is 2.11. The zero-order valence-corrected chi connectivity index (χ0v) is 9.97. The molecule has 3 rings (SSSR count). The molecule has 1 aromatic rings. The Labute approximate surface area is 99.8 Å². The fourth-order valence-corrected chi connectivity index (χ4v) is 4.18. The van der Waals surface area contributed by atoms with Gasteiger partial charge in [0.05, 0.1) is 0 Å². The summed E-state index contributed by atoms with van der Waals surface area (Å²) in [6.07, 6.45) is 4.99. The average Bonchev–Trinajstić information content (AvgIpc) is 2.62. The highest BCUT2D eigenvalue weighted by Crippen LogP contribution is 2.37. The lowest BCUT2D eigenvalue weighted by Gasteiger charge is -2.28. The minimum Gasteiger partial charge on any atom is -0.311 e. The van der Waals surface area contributed by atoms with Gasteiger partial charge in [0.25, 0.3) is 0 Å². The Morgan fingerprint density at radius 2 is 1.81 bits per heavy atom. The van der Waals surface area contributed by atoms with E-state index in [0.717, 1.165) is 4.90 Å². The van der Waals surface area contributed by atoms with Crippen molar-refractivity contribution >= 4 is 11.8 Å². The van der Waals surface area contributed by atoms with E-state index >= 15 is 0 Å².